The summed E-state index contributed by atoms with van der Waals surface area (Å²) in [5, 5.41) is 2.69. The Bertz CT molecular complexity index is 425. The lowest BCUT2D eigenvalue weighted by atomic mass is 10.2. The van der Waals surface area contributed by atoms with Crippen LogP contribution < -0.4 is 5.32 Å². The van der Waals surface area contributed by atoms with E-state index < -0.39 is 0 Å². The fourth-order valence-corrected chi connectivity index (χ4v) is 1.24. The number of nitrogens with one attached hydrogen (secondary N) is 1. The smallest absolute Gasteiger partial charge is 0.248 e. The number of carbonyl (C=O) groups is 2. The minimum Gasteiger partial charge on any atom is -0.322 e. The molecule has 1 amide bonds. The van der Waals surface area contributed by atoms with Crippen LogP contribution in [0.2, 0.25) is 0 Å². The second-order valence-electron chi connectivity index (χ2n) is 3.90. The Morgan fingerprint density at radius 1 is 1.41 bits per heavy atom. The Morgan fingerprint density at radius 2 is 2.18 bits per heavy atom. The summed E-state index contributed by atoms with van der Waals surface area (Å²) in [6.45, 7) is 0.710. The molecular weight excluding hydrogens is 216 g/mol. The van der Waals surface area contributed by atoms with Gasteiger partial charge < -0.3 is 10.2 Å². The van der Waals surface area contributed by atoms with Crippen molar-refractivity contribution in [2.75, 3.05) is 26.0 Å². The topological polar surface area (TPSA) is 49.4 Å². The number of rotatable bonds is 5. The molecule has 90 valence electrons. The van der Waals surface area contributed by atoms with Crippen LogP contribution in [0, 0.1) is 0 Å². The van der Waals surface area contributed by atoms with Crippen LogP contribution in [0.5, 0.6) is 0 Å². The highest BCUT2D eigenvalue weighted by Gasteiger charge is 1.98. The predicted octanol–water partition coefficient (Wildman–Crippen LogP) is 1.56. The van der Waals surface area contributed by atoms with Gasteiger partial charge in [-0.15, -0.1) is 0 Å². The zero-order valence-corrected chi connectivity index (χ0v) is 10.0. The van der Waals surface area contributed by atoms with Crippen molar-refractivity contribution in [2.24, 2.45) is 0 Å². The third-order valence-electron chi connectivity index (χ3n) is 2.03. The summed E-state index contributed by atoms with van der Waals surface area (Å²) in [7, 11) is 3.85. The van der Waals surface area contributed by atoms with Crippen molar-refractivity contribution in [3.63, 3.8) is 0 Å². The lowest BCUT2D eigenvalue weighted by molar-refractivity contribution is -0.111. The summed E-state index contributed by atoms with van der Waals surface area (Å²) < 4.78 is 0. The van der Waals surface area contributed by atoms with Crippen LogP contribution in [0.1, 0.15) is 10.4 Å². The molecule has 4 nitrogen and oxygen atoms in total. The number of anilines is 1. The lowest BCUT2D eigenvalue weighted by Crippen LogP contribution is -2.12. The summed E-state index contributed by atoms with van der Waals surface area (Å²) >= 11 is 0. The number of hydrogen-bond acceptors (Lipinski definition) is 3. The van der Waals surface area contributed by atoms with Gasteiger partial charge in [-0.25, -0.2) is 0 Å². The maximum atomic E-state index is 11.5. The van der Waals surface area contributed by atoms with E-state index in [2.05, 4.69) is 5.32 Å². The zero-order valence-electron chi connectivity index (χ0n) is 10.0. The molecule has 0 saturated heterocycles. The van der Waals surface area contributed by atoms with Gasteiger partial charge in [0.2, 0.25) is 5.91 Å². The molecule has 17 heavy (non-hydrogen) atoms. The van der Waals surface area contributed by atoms with E-state index in [1.807, 2.05) is 19.0 Å². The second kappa shape index (κ2) is 6.60. The molecule has 0 saturated carbocycles. The van der Waals surface area contributed by atoms with Crippen LogP contribution in [0.15, 0.2) is 36.4 Å². The minimum absolute atomic E-state index is 0.199. The van der Waals surface area contributed by atoms with Gasteiger partial charge in [-0.1, -0.05) is 18.2 Å². The van der Waals surface area contributed by atoms with Crippen LogP contribution in [0.25, 0.3) is 0 Å². The first-order valence-electron chi connectivity index (χ1n) is 5.29. The average Bonchev–Trinajstić information content (AvgIpc) is 2.28. The van der Waals surface area contributed by atoms with Crippen LogP contribution in [0.3, 0.4) is 0 Å². The number of benzene rings is 1. The van der Waals surface area contributed by atoms with Gasteiger partial charge in [-0.2, -0.15) is 0 Å². The third kappa shape index (κ3) is 5.08. The van der Waals surface area contributed by atoms with Crippen LogP contribution >= 0.6 is 0 Å². The number of carbonyl (C=O) groups excluding carboxylic acids is 2. The fraction of sp³-hybridized carbons (Fsp3) is 0.231. The van der Waals surface area contributed by atoms with Crippen molar-refractivity contribution < 1.29 is 9.59 Å². The molecule has 1 N–H and O–H groups in total. The van der Waals surface area contributed by atoms with Crippen LogP contribution in [0.4, 0.5) is 5.69 Å². The summed E-state index contributed by atoms with van der Waals surface area (Å²) in [5.41, 5.74) is 1.16. The summed E-state index contributed by atoms with van der Waals surface area (Å²) in [6.07, 6.45) is 4.00. The van der Waals surface area contributed by atoms with E-state index in [1.165, 1.54) is 6.08 Å². The van der Waals surface area contributed by atoms with E-state index in [4.69, 9.17) is 0 Å². The van der Waals surface area contributed by atoms with E-state index in [1.54, 1.807) is 30.3 Å². The van der Waals surface area contributed by atoms with Crippen molar-refractivity contribution in [3.8, 4) is 0 Å². The first-order valence-corrected chi connectivity index (χ1v) is 5.29. The highest BCUT2D eigenvalue weighted by molar-refractivity contribution is 5.99. The number of aldehydes is 1. The van der Waals surface area contributed by atoms with Gasteiger partial charge in [-0.3, -0.25) is 9.59 Å². The predicted molar refractivity (Wildman–Crippen MR) is 68.2 cm³/mol. The Hall–Kier alpha value is -1.94. The normalized spacial score (nSPS) is 10.8. The molecule has 0 bridgehead atoms. The molecule has 0 unspecified atom stereocenters. The largest absolute Gasteiger partial charge is 0.322 e. The molecule has 0 aliphatic rings. The third-order valence-corrected chi connectivity index (χ3v) is 2.03. The van der Waals surface area contributed by atoms with Crippen molar-refractivity contribution >= 4 is 17.9 Å². The molecule has 1 rings (SSSR count). The molecule has 0 atom stereocenters. The molecule has 0 fully saturated rings. The number of hydrogen-bond donors (Lipinski definition) is 1. The standard InChI is InChI=1S/C13H16N2O2/c1-15(2)8-4-7-13(17)14-12-6-3-5-11(9-12)10-16/h3-7,9-10H,8H2,1-2H3,(H,14,17)/b7-4+. The minimum atomic E-state index is -0.199. The lowest BCUT2D eigenvalue weighted by Gasteiger charge is -2.04. The van der Waals surface area contributed by atoms with Crippen molar-refractivity contribution in [3.05, 3.63) is 42.0 Å². The molecule has 0 radical (unpaired) electrons. The maximum Gasteiger partial charge on any atom is 0.248 e. The van der Waals surface area contributed by atoms with Crippen LogP contribution in [-0.2, 0) is 4.79 Å². The number of nitrogens with zero attached hydrogens (tertiary/aromatic N) is 1. The van der Waals surface area contributed by atoms with E-state index in [9.17, 15) is 9.59 Å². The number of amides is 1. The molecule has 0 aromatic heterocycles. The molecule has 0 spiro atoms. The van der Waals surface area contributed by atoms with Gasteiger partial charge in [0.1, 0.15) is 6.29 Å². The summed E-state index contributed by atoms with van der Waals surface area (Å²) in [4.78, 5) is 24.0. The van der Waals surface area contributed by atoms with Gasteiger partial charge in [0, 0.05) is 23.9 Å². The van der Waals surface area contributed by atoms with E-state index in [-0.39, 0.29) is 5.91 Å². The summed E-state index contributed by atoms with van der Waals surface area (Å²) in [5.74, 6) is -0.199. The fourth-order valence-electron chi connectivity index (χ4n) is 1.24. The molecule has 4 heteroatoms. The quantitative estimate of drug-likeness (QED) is 0.619. The van der Waals surface area contributed by atoms with Crippen molar-refractivity contribution in [2.45, 2.75) is 0 Å². The SMILES string of the molecule is CN(C)C/C=C/C(=O)Nc1cccc(C=O)c1. The Labute approximate surface area is 101 Å². The Morgan fingerprint density at radius 3 is 2.82 bits per heavy atom. The molecule has 1 aromatic carbocycles. The molecular formula is C13H16N2O2. The summed E-state index contributed by atoms with van der Waals surface area (Å²) in [6, 6.07) is 6.78. The second-order valence-corrected chi connectivity index (χ2v) is 3.90. The zero-order chi connectivity index (χ0) is 12.7. The monoisotopic (exact) mass is 232 g/mol. The van der Waals surface area contributed by atoms with Crippen molar-refractivity contribution in [1.82, 2.24) is 4.90 Å². The van der Waals surface area contributed by atoms with Gasteiger partial charge in [0.25, 0.3) is 0 Å². The van der Waals surface area contributed by atoms with Crippen molar-refractivity contribution in [1.29, 1.82) is 0 Å². The van der Waals surface area contributed by atoms with E-state index >= 15 is 0 Å². The molecule has 0 aliphatic heterocycles. The Kier molecular flexibility index (Phi) is 5.10. The molecule has 1 aromatic rings. The van der Waals surface area contributed by atoms with Crippen LogP contribution in [-0.4, -0.2) is 37.7 Å². The van der Waals surface area contributed by atoms with Gasteiger partial charge in [0.05, 0.1) is 0 Å². The first-order chi connectivity index (χ1) is 8.11. The average molecular weight is 232 g/mol. The molecule has 0 aliphatic carbocycles. The maximum absolute atomic E-state index is 11.5. The number of likely N-dealkylation sites (N-methyl/N-ethyl adjacent to an activating group) is 1. The molecule has 0 heterocycles. The highest BCUT2D eigenvalue weighted by atomic mass is 16.1. The van der Waals surface area contributed by atoms with E-state index in [0.717, 1.165) is 6.29 Å². The Balaban J connectivity index is 2.55. The highest BCUT2D eigenvalue weighted by Crippen LogP contribution is 2.08. The van der Waals surface area contributed by atoms with E-state index in [0.29, 0.717) is 17.8 Å². The first kappa shape index (κ1) is 13.1. The van der Waals surface area contributed by atoms with Gasteiger partial charge in [0.15, 0.2) is 0 Å². The van der Waals surface area contributed by atoms with Gasteiger partial charge in [-0.05, 0) is 26.2 Å². The van der Waals surface area contributed by atoms with Gasteiger partial charge >= 0.3 is 0 Å².